The van der Waals surface area contributed by atoms with Gasteiger partial charge in [0.25, 0.3) is 0 Å². The summed E-state index contributed by atoms with van der Waals surface area (Å²) in [5.74, 6) is 0.465. The second kappa shape index (κ2) is 3.41. The first-order chi connectivity index (χ1) is 4.48. The van der Waals surface area contributed by atoms with E-state index in [9.17, 15) is 0 Å². The van der Waals surface area contributed by atoms with Gasteiger partial charge >= 0.3 is 0 Å². The maximum absolute atomic E-state index is 8.24. The van der Waals surface area contributed by atoms with E-state index in [1.807, 2.05) is 12.1 Å². The minimum absolute atomic E-state index is 0.271. The van der Waals surface area contributed by atoms with Crippen molar-refractivity contribution in [3.05, 3.63) is 12.2 Å². The van der Waals surface area contributed by atoms with E-state index in [4.69, 9.17) is 5.26 Å². The van der Waals surface area contributed by atoms with Crippen LogP contribution in [0, 0.1) is 22.7 Å². The zero-order chi connectivity index (χ0) is 8.20. The first kappa shape index (κ1) is 9.23. The van der Waals surface area contributed by atoms with Crippen molar-refractivity contribution in [1.29, 1.82) is 5.26 Å². The zero-order valence-corrected chi connectivity index (χ0v) is 7.18. The van der Waals surface area contributed by atoms with Crippen LogP contribution in [0.25, 0.3) is 0 Å². The third-order valence-electron chi connectivity index (χ3n) is 1.83. The summed E-state index contributed by atoms with van der Waals surface area (Å²) in [7, 11) is 0. The molecule has 0 aliphatic carbocycles. The van der Waals surface area contributed by atoms with Gasteiger partial charge in [-0.2, -0.15) is 5.26 Å². The molecule has 0 aliphatic heterocycles. The highest BCUT2D eigenvalue weighted by Gasteiger charge is 2.16. The van der Waals surface area contributed by atoms with Crippen LogP contribution in [0.2, 0.25) is 0 Å². The number of rotatable bonds is 1. The molecule has 1 unspecified atom stereocenters. The molecule has 0 N–H and O–H groups in total. The highest BCUT2D eigenvalue weighted by atomic mass is 14.2. The molecule has 0 aliphatic rings. The Morgan fingerprint density at radius 2 is 1.90 bits per heavy atom. The van der Waals surface area contributed by atoms with Crippen molar-refractivity contribution in [2.24, 2.45) is 11.3 Å². The normalized spacial score (nSPS) is 15.1. The highest BCUT2D eigenvalue weighted by Crippen LogP contribution is 2.25. The Balaban J connectivity index is 4.00. The molecule has 0 saturated carbocycles. The third-order valence-corrected chi connectivity index (χ3v) is 1.83. The molecule has 0 fully saturated rings. The Bertz CT molecular complexity index is 155. The lowest BCUT2D eigenvalue weighted by Gasteiger charge is -2.23. The molecule has 0 aromatic carbocycles. The lowest BCUT2D eigenvalue weighted by atomic mass is 9.82. The first-order valence-corrected chi connectivity index (χ1v) is 3.54. The molecule has 0 bridgehead atoms. The van der Waals surface area contributed by atoms with Crippen molar-refractivity contribution in [3.8, 4) is 6.07 Å². The molecule has 0 aromatic rings. The minimum atomic E-state index is 0.271. The van der Waals surface area contributed by atoms with Gasteiger partial charge in [-0.3, -0.25) is 0 Å². The highest BCUT2D eigenvalue weighted by molar-refractivity contribution is 5.04. The fourth-order valence-electron chi connectivity index (χ4n) is 0.476. The van der Waals surface area contributed by atoms with E-state index in [2.05, 4.69) is 27.7 Å². The summed E-state index contributed by atoms with van der Waals surface area (Å²) in [5.41, 5.74) is 0.271. The van der Waals surface area contributed by atoms with Crippen molar-refractivity contribution < 1.29 is 0 Å². The van der Waals surface area contributed by atoms with Crippen LogP contribution in [0.15, 0.2) is 12.2 Å². The summed E-state index contributed by atoms with van der Waals surface area (Å²) in [4.78, 5) is 0. The van der Waals surface area contributed by atoms with Gasteiger partial charge in [-0.15, -0.1) is 0 Å². The third kappa shape index (κ3) is 3.29. The lowest BCUT2D eigenvalue weighted by molar-refractivity contribution is 0.314. The summed E-state index contributed by atoms with van der Waals surface area (Å²) in [6.07, 6.45) is 3.50. The molecule has 0 saturated heterocycles. The average Bonchev–Trinajstić information content (AvgIpc) is 1.80. The molecule has 0 radical (unpaired) electrons. The van der Waals surface area contributed by atoms with Crippen molar-refractivity contribution in [3.63, 3.8) is 0 Å². The van der Waals surface area contributed by atoms with Gasteiger partial charge in [0, 0.05) is 6.08 Å². The molecule has 0 spiro atoms. The average molecular weight is 137 g/mol. The SMILES string of the molecule is CC(/C=C/C#N)C(C)(C)C. The first-order valence-electron chi connectivity index (χ1n) is 3.54. The number of allylic oxidation sites excluding steroid dienone is 2. The van der Waals surface area contributed by atoms with E-state index in [1.54, 1.807) is 6.08 Å². The number of hydrogen-bond acceptors (Lipinski definition) is 1. The van der Waals surface area contributed by atoms with Crippen LogP contribution in [-0.4, -0.2) is 0 Å². The van der Waals surface area contributed by atoms with Crippen LogP contribution in [0.3, 0.4) is 0 Å². The summed E-state index contributed by atoms with van der Waals surface area (Å²) in [6, 6.07) is 1.99. The molecular weight excluding hydrogens is 122 g/mol. The van der Waals surface area contributed by atoms with Crippen LogP contribution in [0.5, 0.6) is 0 Å². The zero-order valence-electron chi connectivity index (χ0n) is 7.18. The minimum Gasteiger partial charge on any atom is -0.193 e. The molecule has 1 heteroatoms. The standard InChI is InChI=1S/C9H15N/c1-8(6-5-7-10)9(2,3)4/h5-6,8H,1-4H3/b6-5+. The molecule has 0 heterocycles. The Kier molecular flexibility index (Phi) is 3.15. The Hall–Kier alpha value is -0.770. The molecule has 56 valence electrons. The molecule has 0 aromatic heterocycles. The fraction of sp³-hybridized carbons (Fsp3) is 0.667. The van der Waals surface area contributed by atoms with Gasteiger partial charge in [-0.05, 0) is 11.3 Å². The van der Waals surface area contributed by atoms with Crippen LogP contribution < -0.4 is 0 Å². The topological polar surface area (TPSA) is 23.8 Å². The van der Waals surface area contributed by atoms with E-state index in [0.717, 1.165) is 0 Å². The maximum Gasteiger partial charge on any atom is 0.0908 e. The van der Waals surface area contributed by atoms with Gasteiger partial charge in [0.1, 0.15) is 0 Å². The molecular formula is C9H15N. The Labute approximate surface area is 63.4 Å². The van der Waals surface area contributed by atoms with Crippen molar-refractivity contribution >= 4 is 0 Å². The van der Waals surface area contributed by atoms with Crippen molar-refractivity contribution in [2.75, 3.05) is 0 Å². The summed E-state index contributed by atoms with van der Waals surface area (Å²) >= 11 is 0. The predicted octanol–water partition coefficient (Wildman–Crippen LogP) is 2.75. The van der Waals surface area contributed by atoms with Crippen molar-refractivity contribution in [2.45, 2.75) is 27.7 Å². The predicted molar refractivity (Wildman–Crippen MR) is 43.4 cm³/mol. The fourth-order valence-corrected chi connectivity index (χ4v) is 0.476. The number of nitrogens with zero attached hydrogens (tertiary/aromatic N) is 1. The smallest absolute Gasteiger partial charge is 0.0908 e. The van der Waals surface area contributed by atoms with Gasteiger partial charge in [0.05, 0.1) is 6.07 Å². The molecule has 10 heavy (non-hydrogen) atoms. The number of hydrogen-bond donors (Lipinski definition) is 0. The van der Waals surface area contributed by atoms with Gasteiger partial charge in [-0.25, -0.2) is 0 Å². The van der Waals surface area contributed by atoms with Gasteiger partial charge in [0.15, 0.2) is 0 Å². The monoisotopic (exact) mass is 137 g/mol. The van der Waals surface area contributed by atoms with Gasteiger partial charge < -0.3 is 0 Å². The van der Waals surface area contributed by atoms with Crippen molar-refractivity contribution in [1.82, 2.24) is 0 Å². The maximum atomic E-state index is 8.24. The van der Waals surface area contributed by atoms with Crippen LogP contribution >= 0.6 is 0 Å². The second-order valence-electron chi connectivity index (χ2n) is 3.64. The van der Waals surface area contributed by atoms with Gasteiger partial charge in [-0.1, -0.05) is 33.8 Å². The number of nitriles is 1. The van der Waals surface area contributed by atoms with E-state index in [1.165, 1.54) is 0 Å². The van der Waals surface area contributed by atoms with E-state index >= 15 is 0 Å². The van der Waals surface area contributed by atoms with Crippen LogP contribution in [-0.2, 0) is 0 Å². The summed E-state index contributed by atoms with van der Waals surface area (Å²) < 4.78 is 0. The van der Waals surface area contributed by atoms with E-state index in [0.29, 0.717) is 5.92 Å². The Morgan fingerprint density at radius 1 is 1.40 bits per heavy atom. The van der Waals surface area contributed by atoms with Gasteiger partial charge in [0.2, 0.25) is 0 Å². The molecule has 0 rings (SSSR count). The molecule has 1 atom stereocenters. The molecule has 0 amide bonds. The van der Waals surface area contributed by atoms with E-state index < -0.39 is 0 Å². The molecule has 1 nitrogen and oxygen atoms in total. The summed E-state index contributed by atoms with van der Waals surface area (Å²) in [6.45, 7) is 8.62. The van der Waals surface area contributed by atoms with Crippen LogP contribution in [0.4, 0.5) is 0 Å². The largest absolute Gasteiger partial charge is 0.193 e. The lowest BCUT2D eigenvalue weighted by Crippen LogP contribution is -2.14. The Morgan fingerprint density at radius 3 is 2.20 bits per heavy atom. The van der Waals surface area contributed by atoms with Crippen LogP contribution in [0.1, 0.15) is 27.7 Å². The van der Waals surface area contributed by atoms with E-state index in [-0.39, 0.29) is 5.41 Å². The summed E-state index contributed by atoms with van der Waals surface area (Å²) in [5, 5.41) is 8.24. The second-order valence-corrected chi connectivity index (χ2v) is 3.64. The quantitative estimate of drug-likeness (QED) is 0.510.